The molecule has 94 valence electrons. The zero-order valence-corrected chi connectivity index (χ0v) is 12.4. The average molecular weight is 278 g/mol. The number of rotatable bonds is 4. The van der Waals surface area contributed by atoms with Crippen molar-refractivity contribution in [1.29, 1.82) is 0 Å². The molecule has 0 N–H and O–H groups in total. The zero-order valence-electron chi connectivity index (χ0n) is 12.4. The van der Waals surface area contributed by atoms with E-state index in [4.69, 9.17) is 0 Å². The van der Waals surface area contributed by atoms with Gasteiger partial charge < -0.3 is 39.6 Å². The van der Waals surface area contributed by atoms with Crippen LogP contribution in [0, 0.1) is 0 Å². The summed E-state index contributed by atoms with van der Waals surface area (Å²) in [6.45, 7) is 0. The molecule has 0 unspecified atom stereocenters. The molecule has 0 aliphatic heterocycles. The Labute approximate surface area is 172 Å². The third-order valence-electron chi connectivity index (χ3n) is 2.04. The monoisotopic (exact) mass is 278 g/mol. The van der Waals surface area contributed by atoms with Gasteiger partial charge in [-0.05, 0) is 12.1 Å². The third kappa shape index (κ3) is 6.72. The first-order chi connectivity index (χ1) is 8.25. The van der Waals surface area contributed by atoms with Crippen LogP contribution in [-0.2, 0) is 0 Å². The van der Waals surface area contributed by atoms with Crippen LogP contribution in [0.4, 0.5) is 0 Å². The van der Waals surface area contributed by atoms with Crippen molar-refractivity contribution in [2.45, 2.75) is 0 Å². The van der Waals surface area contributed by atoms with Gasteiger partial charge in [0.2, 0.25) is 0 Å². The molecule has 0 spiro atoms. The minimum Gasteiger partial charge on any atom is -0.545 e. The Morgan fingerprint density at radius 3 is 0.727 bits per heavy atom. The molecule has 1 aromatic carbocycles. The van der Waals surface area contributed by atoms with Crippen molar-refractivity contribution < 1.29 is 115 Å². The molecule has 1 aromatic rings. The van der Waals surface area contributed by atoms with Crippen molar-refractivity contribution in [2.24, 2.45) is 0 Å². The maximum atomic E-state index is 10.6. The molecule has 0 saturated carbocycles. The first-order valence-electron chi connectivity index (χ1n) is 4.29. The summed E-state index contributed by atoms with van der Waals surface area (Å²) in [5.74, 6) is -7.99. The van der Waals surface area contributed by atoms with Gasteiger partial charge in [0, 0.05) is 22.3 Å². The maximum Gasteiger partial charge on any atom is 1.00 e. The van der Waals surface area contributed by atoms with Crippen molar-refractivity contribution in [1.82, 2.24) is 0 Å². The van der Waals surface area contributed by atoms with Crippen molar-refractivity contribution in [3.05, 3.63) is 34.4 Å². The molecule has 0 aromatic heterocycles. The second-order valence-electron chi connectivity index (χ2n) is 3.09. The van der Waals surface area contributed by atoms with E-state index >= 15 is 0 Å². The number of carbonyl (C=O) groups is 4. The van der Waals surface area contributed by atoms with E-state index < -0.39 is 46.1 Å². The van der Waals surface area contributed by atoms with Gasteiger partial charge in [0.15, 0.2) is 0 Å². The topological polar surface area (TPSA) is 161 Å². The molecule has 0 atom stereocenters. The Balaban J connectivity index is -0.000000405. The number of carboxylic acid groups (broad SMARTS) is 4. The third-order valence-corrected chi connectivity index (χ3v) is 2.04. The van der Waals surface area contributed by atoms with E-state index in [1.54, 1.807) is 0 Å². The Kier molecular flexibility index (Phi) is 16.1. The second kappa shape index (κ2) is 12.0. The zero-order chi connectivity index (χ0) is 14.0. The molecule has 0 aliphatic carbocycles. The predicted octanol–water partition coefficient (Wildman–Crippen LogP) is -16.8. The van der Waals surface area contributed by atoms with Crippen LogP contribution in [0.25, 0.3) is 0 Å². The van der Waals surface area contributed by atoms with Crippen LogP contribution >= 0.6 is 0 Å². The van der Waals surface area contributed by atoms with Crippen molar-refractivity contribution in [3.63, 3.8) is 0 Å². The van der Waals surface area contributed by atoms with Gasteiger partial charge in [0.05, 0.1) is 23.9 Å². The Bertz CT molecular complexity index is 488. The molecule has 22 heavy (non-hydrogen) atoms. The Morgan fingerprint density at radius 1 is 0.500 bits per heavy atom. The van der Waals surface area contributed by atoms with E-state index in [2.05, 4.69) is 0 Å². The summed E-state index contributed by atoms with van der Waals surface area (Å²) in [7, 11) is 0. The summed E-state index contributed by atoms with van der Waals surface area (Å²) < 4.78 is 0. The molecule has 0 aliphatic rings. The standard InChI is InChI=1S/C10H6O8.4Li/c11-7(12)3-1-4(8(13)14)6(10(17)18)2-5(3)9(15)16;;;;/h1-2H,(H,11,12)(H,13,14)(H,15,16)(H,17,18);;;;/q;4*+1/p-4. The largest absolute Gasteiger partial charge is 1.00 e. The smallest absolute Gasteiger partial charge is 0.545 e. The van der Waals surface area contributed by atoms with Crippen molar-refractivity contribution in [3.8, 4) is 0 Å². The van der Waals surface area contributed by atoms with Crippen LogP contribution < -0.4 is 95.9 Å². The molecular weight excluding hydrogens is 276 g/mol. The quantitative estimate of drug-likeness (QED) is 0.490. The minimum atomic E-state index is -2.00. The number of hydrogen-bond donors (Lipinski definition) is 0. The van der Waals surface area contributed by atoms with Crippen LogP contribution in [0.15, 0.2) is 12.1 Å². The fourth-order valence-electron chi connectivity index (χ4n) is 1.28. The summed E-state index contributed by atoms with van der Waals surface area (Å²) in [4.78, 5) is 42.4. The molecular formula is C10H2Li4O8. The number of aromatic carboxylic acids is 4. The van der Waals surface area contributed by atoms with Gasteiger partial charge in [-0.1, -0.05) is 0 Å². The SMILES string of the molecule is O=C([O-])c1cc(C(=O)[O-])c(C(=O)[O-])cc1C(=O)[O-].[Li+].[Li+].[Li+].[Li+]. The van der Waals surface area contributed by atoms with Crippen LogP contribution in [0.2, 0.25) is 0 Å². The molecule has 0 saturated heterocycles. The first-order valence-corrected chi connectivity index (χ1v) is 4.29. The normalized spacial score (nSPS) is 8.00. The fourth-order valence-corrected chi connectivity index (χ4v) is 1.28. The van der Waals surface area contributed by atoms with Gasteiger partial charge >= 0.3 is 75.4 Å². The molecule has 0 fully saturated rings. The van der Waals surface area contributed by atoms with Gasteiger partial charge in [0.1, 0.15) is 0 Å². The summed E-state index contributed by atoms with van der Waals surface area (Å²) in [6.07, 6.45) is 0. The van der Waals surface area contributed by atoms with Gasteiger partial charge in [-0.2, -0.15) is 0 Å². The van der Waals surface area contributed by atoms with E-state index in [1.807, 2.05) is 0 Å². The average Bonchev–Trinajstić information content (AvgIpc) is 2.26. The van der Waals surface area contributed by atoms with E-state index in [0.29, 0.717) is 12.1 Å². The summed E-state index contributed by atoms with van der Waals surface area (Å²) >= 11 is 0. The molecule has 8 nitrogen and oxygen atoms in total. The van der Waals surface area contributed by atoms with Gasteiger partial charge in [0.25, 0.3) is 0 Å². The molecule has 0 amide bonds. The van der Waals surface area contributed by atoms with Crippen LogP contribution in [0.5, 0.6) is 0 Å². The summed E-state index contributed by atoms with van der Waals surface area (Å²) in [5, 5.41) is 42.4. The molecule has 0 bridgehead atoms. The van der Waals surface area contributed by atoms with Gasteiger partial charge in [-0.3, -0.25) is 0 Å². The first kappa shape index (κ1) is 29.5. The number of benzene rings is 1. The van der Waals surface area contributed by atoms with E-state index in [0.717, 1.165) is 0 Å². The molecule has 0 radical (unpaired) electrons. The fraction of sp³-hybridized carbons (Fsp3) is 0. The summed E-state index contributed by atoms with van der Waals surface area (Å²) in [5.41, 5.74) is -4.11. The van der Waals surface area contributed by atoms with Crippen LogP contribution in [0.1, 0.15) is 41.4 Å². The number of carbonyl (C=O) groups excluding carboxylic acids is 4. The number of hydrogen-bond acceptors (Lipinski definition) is 8. The van der Waals surface area contributed by atoms with Crippen LogP contribution in [0.3, 0.4) is 0 Å². The Hall–Kier alpha value is -0.510. The molecule has 12 heteroatoms. The van der Waals surface area contributed by atoms with Crippen molar-refractivity contribution in [2.75, 3.05) is 0 Å². The van der Waals surface area contributed by atoms with E-state index in [1.165, 1.54) is 0 Å². The van der Waals surface area contributed by atoms with E-state index in [-0.39, 0.29) is 75.4 Å². The minimum absolute atomic E-state index is 0. The molecule has 1 rings (SSSR count). The number of carboxylic acids is 4. The molecule has 0 heterocycles. The summed E-state index contributed by atoms with van der Waals surface area (Å²) in [6, 6.07) is 0.613. The Morgan fingerprint density at radius 2 is 0.636 bits per heavy atom. The van der Waals surface area contributed by atoms with E-state index in [9.17, 15) is 39.6 Å². The second-order valence-corrected chi connectivity index (χ2v) is 3.09. The predicted molar refractivity (Wildman–Crippen MR) is 43.8 cm³/mol. The van der Waals surface area contributed by atoms with Gasteiger partial charge in [-0.25, -0.2) is 0 Å². The van der Waals surface area contributed by atoms with Crippen molar-refractivity contribution >= 4 is 23.9 Å². The van der Waals surface area contributed by atoms with Crippen LogP contribution in [-0.4, -0.2) is 23.9 Å². The maximum absolute atomic E-state index is 10.6. The van der Waals surface area contributed by atoms with Gasteiger partial charge in [-0.15, -0.1) is 0 Å².